The van der Waals surface area contributed by atoms with Gasteiger partial charge >= 0.3 is 0 Å². The number of nitrogens with zero attached hydrogens (tertiary/aromatic N) is 8. The fourth-order valence-electron chi connectivity index (χ4n) is 5.34. The van der Waals surface area contributed by atoms with Gasteiger partial charge in [-0.1, -0.05) is 0 Å². The number of aromatic nitrogens is 8. The summed E-state index contributed by atoms with van der Waals surface area (Å²) in [4.78, 5) is 24.7. The Morgan fingerprint density at radius 2 is 1.83 bits per heavy atom. The minimum atomic E-state index is 0.00903. The van der Waals surface area contributed by atoms with E-state index < -0.39 is 0 Å². The van der Waals surface area contributed by atoms with Crippen molar-refractivity contribution < 1.29 is 4.74 Å². The molecule has 9 nitrogen and oxygen atoms in total. The van der Waals surface area contributed by atoms with Crippen molar-refractivity contribution in [2.75, 3.05) is 6.61 Å². The Labute approximate surface area is 204 Å². The predicted octanol–water partition coefficient (Wildman–Crippen LogP) is 4.40. The van der Waals surface area contributed by atoms with E-state index in [0.717, 1.165) is 71.3 Å². The molecule has 0 bridgehead atoms. The van der Waals surface area contributed by atoms with E-state index in [1.807, 2.05) is 20.0 Å². The minimum Gasteiger partial charge on any atom is -0.373 e. The number of aryl methyl sites for hydroxylation is 4. The van der Waals surface area contributed by atoms with Gasteiger partial charge in [0.2, 0.25) is 0 Å². The first-order valence-corrected chi connectivity index (χ1v) is 12.9. The average Bonchev–Trinajstić information content (AvgIpc) is 3.44. The molecule has 0 amide bonds. The lowest BCUT2D eigenvalue weighted by molar-refractivity contribution is 0.00396. The van der Waals surface area contributed by atoms with E-state index >= 15 is 0 Å². The van der Waals surface area contributed by atoms with Gasteiger partial charge in [-0.05, 0) is 52.4 Å². The van der Waals surface area contributed by atoms with Crippen LogP contribution in [0, 0.1) is 13.8 Å². The van der Waals surface area contributed by atoms with Crippen molar-refractivity contribution in [3.05, 3.63) is 47.2 Å². The molecule has 1 saturated heterocycles. The van der Waals surface area contributed by atoms with Gasteiger partial charge in [0.25, 0.3) is 0 Å². The third kappa shape index (κ3) is 3.82. The summed E-state index contributed by atoms with van der Waals surface area (Å²) in [5, 5.41) is 4.57. The maximum absolute atomic E-state index is 6.17. The third-order valence-corrected chi connectivity index (χ3v) is 7.67. The fourth-order valence-corrected chi connectivity index (χ4v) is 5.34. The second kappa shape index (κ2) is 8.19. The lowest BCUT2D eigenvalue weighted by Gasteiger charge is -2.28. The van der Waals surface area contributed by atoms with Crippen molar-refractivity contribution in [2.45, 2.75) is 83.4 Å². The Morgan fingerprint density at radius 1 is 0.943 bits per heavy atom. The van der Waals surface area contributed by atoms with Crippen LogP contribution in [0.1, 0.15) is 85.2 Å². The van der Waals surface area contributed by atoms with Crippen molar-refractivity contribution in [3.8, 4) is 11.4 Å². The molecule has 9 heteroatoms. The van der Waals surface area contributed by atoms with Crippen LogP contribution < -0.4 is 0 Å². The molecule has 35 heavy (non-hydrogen) atoms. The monoisotopic (exact) mass is 470 g/mol. The van der Waals surface area contributed by atoms with Crippen LogP contribution in [0.25, 0.3) is 22.6 Å². The van der Waals surface area contributed by atoms with Crippen molar-refractivity contribution in [1.82, 2.24) is 39.3 Å². The van der Waals surface area contributed by atoms with E-state index in [1.54, 1.807) is 0 Å². The van der Waals surface area contributed by atoms with Crippen molar-refractivity contribution in [1.29, 1.82) is 0 Å². The first-order chi connectivity index (χ1) is 17.1. The second-order valence-corrected chi connectivity index (χ2v) is 10.3. The summed E-state index contributed by atoms with van der Waals surface area (Å²) in [6.07, 6.45) is 13.8. The summed E-state index contributed by atoms with van der Waals surface area (Å²) in [5.41, 5.74) is 6.02. The molecule has 0 radical (unpaired) electrons. The topological polar surface area (TPSA) is 96.4 Å². The summed E-state index contributed by atoms with van der Waals surface area (Å²) in [7, 11) is 0. The molecule has 7 rings (SSSR count). The number of hydrogen-bond donors (Lipinski definition) is 0. The van der Waals surface area contributed by atoms with Gasteiger partial charge in [0, 0.05) is 43.4 Å². The van der Waals surface area contributed by atoms with E-state index in [0.29, 0.717) is 18.3 Å². The third-order valence-electron chi connectivity index (χ3n) is 7.67. The van der Waals surface area contributed by atoms with Crippen LogP contribution in [0.5, 0.6) is 0 Å². The highest BCUT2D eigenvalue weighted by Gasteiger charge is 2.31. The minimum absolute atomic E-state index is 0.00903. The van der Waals surface area contributed by atoms with Crippen LogP contribution in [0.3, 0.4) is 0 Å². The first-order valence-electron chi connectivity index (χ1n) is 12.9. The van der Waals surface area contributed by atoms with E-state index in [4.69, 9.17) is 29.7 Å². The van der Waals surface area contributed by atoms with Crippen LogP contribution in [0.4, 0.5) is 0 Å². The van der Waals surface area contributed by atoms with Gasteiger partial charge in [0.05, 0.1) is 29.7 Å². The van der Waals surface area contributed by atoms with Crippen LogP contribution in [-0.2, 0) is 17.7 Å². The SMILES string of the molecule is Cc1nc2nc([C@@H]3CCO[C@@H](c4cnn(C5CC5)c4)C3)nc(-c3cn4c(n3)CCCC4)c2nc1C. The van der Waals surface area contributed by atoms with Gasteiger partial charge in [-0.25, -0.2) is 24.9 Å². The Morgan fingerprint density at radius 3 is 2.69 bits per heavy atom. The first kappa shape index (κ1) is 21.1. The van der Waals surface area contributed by atoms with Gasteiger partial charge in [-0.15, -0.1) is 0 Å². The molecule has 0 aromatic carbocycles. The lowest BCUT2D eigenvalue weighted by Crippen LogP contribution is -2.20. The van der Waals surface area contributed by atoms with Crippen LogP contribution in [0.15, 0.2) is 18.6 Å². The number of rotatable bonds is 4. The van der Waals surface area contributed by atoms with Gasteiger partial charge < -0.3 is 9.30 Å². The molecule has 4 aromatic rings. The molecule has 1 aliphatic carbocycles. The largest absolute Gasteiger partial charge is 0.373 e. The smallest absolute Gasteiger partial charge is 0.182 e. The second-order valence-electron chi connectivity index (χ2n) is 10.3. The number of imidazole rings is 1. The standard InChI is InChI=1S/C26H30N8O/c1-15-16(2)29-26-24(28-15)23(20-14-33-9-4-3-5-22(33)30-20)31-25(32-26)17-8-10-35-21(11-17)18-12-27-34(13-18)19-6-7-19/h12-14,17,19,21H,3-11H2,1-2H3/t17-,21-/m1/s1. The fraction of sp³-hybridized carbons (Fsp3) is 0.538. The highest BCUT2D eigenvalue weighted by atomic mass is 16.5. The van der Waals surface area contributed by atoms with Crippen molar-refractivity contribution in [3.63, 3.8) is 0 Å². The molecule has 2 aliphatic heterocycles. The van der Waals surface area contributed by atoms with Crippen LogP contribution >= 0.6 is 0 Å². The molecule has 3 aliphatic rings. The summed E-state index contributed by atoms with van der Waals surface area (Å²) < 4.78 is 10.5. The number of ether oxygens (including phenoxy) is 1. The highest BCUT2D eigenvalue weighted by Crippen LogP contribution is 2.39. The summed E-state index contributed by atoms with van der Waals surface area (Å²) in [5.74, 6) is 2.14. The Hall–Kier alpha value is -3.20. The zero-order valence-corrected chi connectivity index (χ0v) is 20.3. The van der Waals surface area contributed by atoms with Crippen LogP contribution in [-0.4, -0.2) is 45.9 Å². The van der Waals surface area contributed by atoms with E-state index in [1.165, 1.54) is 25.7 Å². The normalized spacial score (nSPS) is 22.5. The molecule has 2 fully saturated rings. The van der Waals surface area contributed by atoms with Crippen LogP contribution in [0.2, 0.25) is 0 Å². The van der Waals surface area contributed by atoms with E-state index in [-0.39, 0.29) is 12.0 Å². The molecule has 0 N–H and O–H groups in total. The quantitative estimate of drug-likeness (QED) is 0.436. The zero-order chi connectivity index (χ0) is 23.5. The van der Waals surface area contributed by atoms with E-state index in [9.17, 15) is 0 Å². The molecule has 180 valence electrons. The molecular formula is C26H30N8O. The summed E-state index contributed by atoms with van der Waals surface area (Å²) in [6.45, 7) is 5.67. The number of fused-ring (bicyclic) bond motifs is 2. The summed E-state index contributed by atoms with van der Waals surface area (Å²) in [6, 6.07) is 0.570. The molecule has 0 unspecified atom stereocenters. The highest BCUT2D eigenvalue weighted by molar-refractivity contribution is 5.85. The maximum atomic E-state index is 6.17. The Kier molecular flexibility index (Phi) is 4.94. The predicted molar refractivity (Wildman–Crippen MR) is 130 cm³/mol. The molecule has 2 atom stereocenters. The average molecular weight is 471 g/mol. The molecule has 0 spiro atoms. The van der Waals surface area contributed by atoms with Crippen molar-refractivity contribution >= 4 is 11.2 Å². The maximum Gasteiger partial charge on any atom is 0.182 e. The van der Waals surface area contributed by atoms with Gasteiger partial charge in [0.1, 0.15) is 28.6 Å². The molecule has 4 aromatic heterocycles. The zero-order valence-electron chi connectivity index (χ0n) is 20.3. The molecular weight excluding hydrogens is 440 g/mol. The summed E-state index contributed by atoms with van der Waals surface area (Å²) >= 11 is 0. The van der Waals surface area contributed by atoms with Gasteiger partial charge in [-0.3, -0.25) is 4.68 Å². The van der Waals surface area contributed by atoms with E-state index in [2.05, 4.69) is 26.7 Å². The molecule has 6 heterocycles. The lowest BCUT2D eigenvalue weighted by atomic mass is 9.92. The Balaban J connectivity index is 1.28. The van der Waals surface area contributed by atoms with Gasteiger partial charge in [-0.2, -0.15) is 5.10 Å². The van der Waals surface area contributed by atoms with Gasteiger partial charge in [0.15, 0.2) is 5.65 Å². The Bertz CT molecular complexity index is 1390. The molecule has 1 saturated carbocycles. The number of hydrogen-bond acceptors (Lipinski definition) is 7. The van der Waals surface area contributed by atoms with Crippen molar-refractivity contribution in [2.24, 2.45) is 0 Å².